The molecule has 0 aliphatic carbocycles. The number of anilines is 1. The molecule has 0 atom stereocenters. The average Bonchev–Trinajstić information content (AvgIpc) is 2.41. The Hall–Kier alpha value is -2.36. The molecule has 0 saturated carbocycles. The van der Waals surface area contributed by atoms with Crippen molar-refractivity contribution in [3.05, 3.63) is 65.0 Å². The van der Waals surface area contributed by atoms with E-state index in [0.29, 0.717) is 17.8 Å². The van der Waals surface area contributed by atoms with Crippen molar-refractivity contribution in [2.24, 2.45) is 0 Å². The molecule has 4 heteroatoms. The summed E-state index contributed by atoms with van der Waals surface area (Å²) in [5.41, 5.74) is 2.94. The number of carbonyl (C=O) groups is 1. The highest BCUT2D eigenvalue weighted by molar-refractivity contribution is 5.70. The first-order chi connectivity index (χ1) is 9.56. The van der Waals surface area contributed by atoms with Gasteiger partial charge in [0, 0.05) is 12.2 Å². The van der Waals surface area contributed by atoms with Gasteiger partial charge >= 0.3 is 5.97 Å². The zero-order valence-corrected chi connectivity index (χ0v) is 11.2. The molecule has 20 heavy (non-hydrogen) atoms. The number of aliphatic carboxylic acids is 1. The summed E-state index contributed by atoms with van der Waals surface area (Å²) in [4.78, 5) is 10.8. The summed E-state index contributed by atoms with van der Waals surface area (Å²) in [5, 5.41) is 12.0. The van der Waals surface area contributed by atoms with Crippen LogP contribution in [0.2, 0.25) is 0 Å². The molecule has 0 heterocycles. The lowest BCUT2D eigenvalue weighted by molar-refractivity contribution is -0.136. The van der Waals surface area contributed by atoms with E-state index in [2.05, 4.69) is 5.32 Å². The van der Waals surface area contributed by atoms with Crippen LogP contribution in [-0.4, -0.2) is 11.1 Å². The van der Waals surface area contributed by atoms with Crippen LogP contribution in [0.25, 0.3) is 0 Å². The molecule has 2 aromatic rings. The molecule has 0 aliphatic heterocycles. The van der Waals surface area contributed by atoms with E-state index in [4.69, 9.17) is 5.11 Å². The van der Waals surface area contributed by atoms with Crippen LogP contribution < -0.4 is 5.32 Å². The molecule has 2 aromatic carbocycles. The molecule has 0 unspecified atom stereocenters. The number of hydrogen-bond acceptors (Lipinski definition) is 2. The van der Waals surface area contributed by atoms with Crippen molar-refractivity contribution in [1.29, 1.82) is 0 Å². The molecule has 0 aromatic heterocycles. The summed E-state index contributed by atoms with van der Waals surface area (Å²) in [6, 6.07) is 12.3. The molecule has 3 nitrogen and oxygen atoms in total. The van der Waals surface area contributed by atoms with Crippen molar-refractivity contribution >= 4 is 11.7 Å². The maximum absolute atomic E-state index is 13.4. The summed E-state index contributed by atoms with van der Waals surface area (Å²) in [6.45, 7) is 2.17. The van der Waals surface area contributed by atoms with Gasteiger partial charge in [0.15, 0.2) is 0 Å². The van der Waals surface area contributed by atoms with Crippen LogP contribution in [0, 0.1) is 12.7 Å². The van der Waals surface area contributed by atoms with Gasteiger partial charge in [0.05, 0.1) is 6.42 Å². The van der Waals surface area contributed by atoms with Gasteiger partial charge in [-0.3, -0.25) is 4.79 Å². The lowest BCUT2D eigenvalue weighted by Crippen LogP contribution is -2.07. The normalized spacial score (nSPS) is 10.3. The van der Waals surface area contributed by atoms with Crippen molar-refractivity contribution in [2.75, 3.05) is 5.32 Å². The fraction of sp³-hybridized carbons (Fsp3) is 0.188. The molecule has 0 bridgehead atoms. The minimum Gasteiger partial charge on any atom is -0.481 e. The number of carboxylic acids is 1. The number of aryl methyl sites for hydroxylation is 1. The van der Waals surface area contributed by atoms with Crippen LogP contribution in [0.3, 0.4) is 0 Å². The quantitative estimate of drug-likeness (QED) is 0.878. The van der Waals surface area contributed by atoms with Gasteiger partial charge in [0.2, 0.25) is 0 Å². The van der Waals surface area contributed by atoms with Crippen molar-refractivity contribution in [2.45, 2.75) is 19.9 Å². The highest BCUT2D eigenvalue weighted by atomic mass is 19.1. The molecule has 0 amide bonds. The van der Waals surface area contributed by atoms with E-state index < -0.39 is 5.97 Å². The predicted octanol–water partition coefficient (Wildman–Crippen LogP) is 3.37. The van der Waals surface area contributed by atoms with Crippen molar-refractivity contribution < 1.29 is 14.3 Å². The van der Waals surface area contributed by atoms with Crippen LogP contribution in [0.5, 0.6) is 0 Å². The molecular weight excluding hydrogens is 257 g/mol. The molecule has 0 fully saturated rings. The molecule has 2 rings (SSSR count). The van der Waals surface area contributed by atoms with Crippen molar-refractivity contribution in [1.82, 2.24) is 0 Å². The van der Waals surface area contributed by atoms with Gasteiger partial charge in [-0.15, -0.1) is 0 Å². The standard InChI is InChI=1S/C16H16FNO2/c1-11-6-7-14(9-15(11)17)18-10-13-5-3-2-4-12(13)8-16(19)20/h2-7,9,18H,8,10H2,1H3,(H,19,20). The Kier molecular flexibility index (Phi) is 4.35. The van der Waals surface area contributed by atoms with E-state index in [1.807, 2.05) is 18.2 Å². The maximum Gasteiger partial charge on any atom is 0.307 e. The van der Waals surface area contributed by atoms with Crippen LogP contribution in [0.1, 0.15) is 16.7 Å². The number of nitrogens with one attached hydrogen (secondary N) is 1. The third-order valence-corrected chi connectivity index (χ3v) is 3.11. The van der Waals surface area contributed by atoms with Gasteiger partial charge in [-0.05, 0) is 35.7 Å². The SMILES string of the molecule is Cc1ccc(NCc2ccccc2CC(=O)O)cc1F. The molecular formula is C16H16FNO2. The molecule has 0 aliphatic rings. The van der Waals surface area contributed by atoms with Crippen LogP contribution in [0.4, 0.5) is 10.1 Å². The minimum absolute atomic E-state index is 0.0138. The second-order valence-corrected chi connectivity index (χ2v) is 4.66. The third-order valence-electron chi connectivity index (χ3n) is 3.11. The first-order valence-electron chi connectivity index (χ1n) is 6.35. The lowest BCUT2D eigenvalue weighted by atomic mass is 10.0. The largest absolute Gasteiger partial charge is 0.481 e. The maximum atomic E-state index is 13.4. The number of hydrogen-bond donors (Lipinski definition) is 2. The smallest absolute Gasteiger partial charge is 0.307 e. The Morgan fingerprint density at radius 1 is 1.20 bits per heavy atom. The Balaban J connectivity index is 2.10. The monoisotopic (exact) mass is 273 g/mol. The number of rotatable bonds is 5. The molecule has 104 valence electrons. The Bertz CT molecular complexity index is 626. The zero-order chi connectivity index (χ0) is 14.5. The van der Waals surface area contributed by atoms with Crippen molar-refractivity contribution in [3.8, 4) is 0 Å². The highest BCUT2D eigenvalue weighted by Gasteiger charge is 2.06. The fourth-order valence-corrected chi connectivity index (χ4v) is 1.97. The molecule has 0 saturated heterocycles. The number of carboxylic acid groups (broad SMARTS) is 1. The van der Waals surface area contributed by atoms with Gasteiger partial charge in [-0.2, -0.15) is 0 Å². The zero-order valence-electron chi connectivity index (χ0n) is 11.2. The summed E-state index contributed by atoms with van der Waals surface area (Å²) >= 11 is 0. The van der Waals surface area contributed by atoms with Crippen LogP contribution in [-0.2, 0) is 17.8 Å². The summed E-state index contributed by atoms with van der Waals surface area (Å²) in [7, 11) is 0. The first kappa shape index (κ1) is 14.1. The van der Waals surface area contributed by atoms with E-state index in [1.54, 1.807) is 25.1 Å². The van der Waals surface area contributed by atoms with Gasteiger partial charge in [-0.1, -0.05) is 30.3 Å². The van der Waals surface area contributed by atoms with Crippen LogP contribution in [0.15, 0.2) is 42.5 Å². The van der Waals surface area contributed by atoms with E-state index in [9.17, 15) is 9.18 Å². The van der Waals surface area contributed by atoms with E-state index in [0.717, 1.165) is 11.1 Å². The van der Waals surface area contributed by atoms with Gasteiger partial charge in [-0.25, -0.2) is 4.39 Å². The second-order valence-electron chi connectivity index (χ2n) is 4.66. The summed E-state index contributed by atoms with van der Waals surface area (Å²) in [5.74, 6) is -1.12. The van der Waals surface area contributed by atoms with Crippen molar-refractivity contribution in [3.63, 3.8) is 0 Å². The summed E-state index contributed by atoms with van der Waals surface area (Å²) in [6.07, 6.45) is -0.0138. The molecule has 0 radical (unpaired) electrons. The number of benzene rings is 2. The Morgan fingerprint density at radius 2 is 1.90 bits per heavy atom. The Morgan fingerprint density at radius 3 is 2.55 bits per heavy atom. The first-order valence-corrected chi connectivity index (χ1v) is 6.35. The third kappa shape index (κ3) is 3.57. The average molecular weight is 273 g/mol. The Labute approximate surface area is 117 Å². The minimum atomic E-state index is -0.862. The molecule has 2 N–H and O–H groups in total. The van der Waals surface area contributed by atoms with E-state index in [-0.39, 0.29) is 12.2 Å². The van der Waals surface area contributed by atoms with E-state index in [1.165, 1.54) is 6.07 Å². The van der Waals surface area contributed by atoms with E-state index >= 15 is 0 Å². The van der Waals surface area contributed by atoms with Crippen LogP contribution >= 0.6 is 0 Å². The van der Waals surface area contributed by atoms with Gasteiger partial charge in [0.1, 0.15) is 5.82 Å². The van der Waals surface area contributed by atoms with Gasteiger partial charge < -0.3 is 10.4 Å². The number of halogens is 1. The predicted molar refractivity (Wildman–Crippen MR) is 76.2 cm³/mol. The highest BCUT2D eigenvalue weighted by Crippen LogP contribution is 2.16. The topological polar surface area (TPSA) is 49.3 Å². The lowest BCUT2D eigenvalue weighted by Gasteiger charge is -2.11. The summed E-state index contributed by atoms with van der Waals surface area (Å²) < 4.78 is 13.4. The second kappa shape index (κ2) is 6.19. The fourth-order valence-electron chi connectivity index (χ4n) is 1.97. The molecule has 0 spiro atoms. The van der Waals surface area contributed by atoms with Gasteiger partial charge in [0.25, 0.3) is 0 Å².